The molecule has 1 fully saturated rings. The van der Waals surface area contributed by atoms with Crippen LogP contribution >= 0.6 is 23.2 Å². The second-order valence-corrected chi connectivity index (χ2v) is 7.19. The van der Waals surface area contributed by atoms with Gasteiger partial charge in [-0.2, -0.15) is 0 Å². The molecule has 2 heterocycles. The Morgan fingerprint density at radius 2 is 1.75 bits per heavy atom. The molecule has 0 spiro atoms. The minimum Gasteiger partial charge on any atom is -0.382 e. The maximum atomic E-state index is 6.25. The van der Waals surface area contributed by atoms with E-state index in [-0.39, 0.29) is 11.4 Å². The molecule has 24 heavy (non-hydrogen) atoms. The lowest BCUT2D eigenvalue weighted by Gasteiger charge is -2.37. The maximum absolute atomic E-state index is 6.25. The first-order valence-corrected chi connectivity index (χ1v) is 8.45. The second kappa shape index (κ2) is 6.27. The van der Waals surface area contributed by atoms with Crippen LogP contribution in [0.15, 0.2) is 18.2 Å². The van der Waals surface area contributed by atoms with Crippen molar-refractivity contribution < 1.29 is 0 Å². The van der Waals surface area contributed by atoms with Crippen LogP contribution < -0.4 is 22.1 Å². The Morgan fingerprint density at radius 1 is 1.08 bits per heavy atom. The number of nitrogens with two attached hydrogens (primary N) is 3. The molecule has 0 atom stereocenters. The molecule has 0 aliphatic carbocycles. The average molecular weight is 367 g/mol. The lowest BCUT2D eigenvalue weighted by molar-refractivity contribution is 0.363. The lowest BCUT2D eigenvalue weighted by atomic mass is 9.91. The largest absolute Gasteiger partial charge is 0.382 e. The number of nitrogens with zero attached hydrogens (tertiary/aromatic N) is 3. The van der Waals surface area contributed by atoms with Gasteiger partial charge in [0.15, 0.2) is 17.5 Å². The molecule has 6 nitrogen and oxygen atoms in total. The highest BCUT2D eigenvalue weighted by atomic mass is 35.5. The van der Waals surface area contributed by atoms with E-state index >= 15 is 0 Å². The van der Waals surface area contributed by atoms with Crippen molar-refractivity contribution in [2.75, 3.05) is 29.5 Å². The van der Waals surface area contributed by atoms with E-state index in [4.69, 9.17) is 40.4 Å². The molecule has 0 radical (unpaired) electrons. The Kier molecular flexibility index (Phi) is 4.46. The molecular formula is C16H20Cl2N6. The van der Waals surface area contributed by atoms with Crippen LogP contribution in [0.3, 0.4) is 0 Å². The third-order valence-corrected chi connectivity index (χ3v) is 5.16. The first-order valence-electron chi connectivity index (χ1n) is 7.70. The number of rotatable bonds is 2. The third-order valence-electron chi connectivity index (χ3n) is 4.34. The number of benzene rings is 1. The molecule has 1 aromatic heterocycles. The van der Waals surface area contributed by atoms with Gasteiger partial charge in [0, 0.05) is 24.2 Å². The van der Waals surface area contributed by atoms with Crippen LogP contribution in [0, 0.1) is 0 Å². The fourth-order valence-corrected chi connectivity index (χ4v) is 3.19. The van der Waals surface area contributed by atoms with Crippen molar-refractivity contribution >= 4 is 40.7 Å². The summed E-state index contributed by atoms with van der Waals surface area (Å²) in [5.41, 5.74) is 19.3. The van der Waals surface area contributed by atoms with Crippen LogP contribution in [-0.4, -0.2) is 28.6 Å². The Labute approximate surface area is 150 Å². The van der Waals surface area contributed by atoms with Crippen molar-refractivity contribution in [2.45, 2.75) is 25.3 Å². The third kappa shape index (κ3) is 3.22. The molecule has 2 aromatic rings. The lowest BCUT2D eigenvalue weighted by Crippen LogP contribution is -2.48. The van der Waals surface area contributed by atoms with E-state index in [0.29, 0.717) is 32.9 Å². The second-order valence-electron chi connectivity index (χ2n) is 6.41. The van der Waals surface area contributed by atoms with Crippen LogP contribution in [-0.2, 0) is 0 Å². The molecule has 0 saturated carbocycles. The minimum absolute atomic E-state index is 0.154. The van der Waals surface area contributed by atoms with Crippen LogP contribution in [0.25, 0.3) is 11.3 Å². The predicted octanol–water partition coefficient (Wildman–Crippen LogP) is 2.93. The van der Waals surface area contributed by atoms with Crippen molar-refractivity contribution in [1.29, 1.82) is 0 Å². The summed E-state index contributed by atoms with van der Waals surface area (Å²) < 4.78 is 0. The molecule has 0 bridgehead atoms. The van der Waals surface area contributed by atoms with Gasteiger partial charge in [0.05, 0.1) is 10.0 Å². The van der Waals surface area contributed by atoms with Gasteiger partial charge in [-0.25, -0.2) is 9.97 Å². The van der Waals surface area contributed by atoms with Gasteiger partial charge >= 0.3 is 0 Å². The summed E-state index contributed by atoms with van der Waals surface area (Å²) in [5.74, 6) is 1.17. The fourth-order valence-electron chi connectivity index (χ4n) is 2.80. The highest BCUT2D eigenvalue weighted by molar-refractivity contribution is 6.43. The first kappa shape index (κ1) is 17.1. The number of nitrogen functional groups attached to an aromatic ring is 2. The number of piperidine rings is 1. The zero-order chi connectivity index (χ0) is 17.5. The summed E-state index contributed by atoms with van der Waals surface area (Å²) in [6.07, 6.45) is 1.71. The standard InChI is InChI=1S/C16H20Cl2N6/c1-16(21)5-7-24(8-6-16)15-14(20)22-12(13(19)23-15)9-3-2-4-10(17)11(9)18/h2-4H,5-8,21H2,1H3,(H2,19,23)(H2,20,22). The molecule has 6 N–H and O–H groups in total. The number of halogens is 2. The maximum Gasteiger partial charge on any atom is 0.173 e. The van der Waals surface area contributed by atoms with Gasteiger partial charge in [-0.05, 0) is 25.8 Å². The van der Waals surface area contributed by atoms with Gasteiger partial charge in [0.1, 0.15) is 5.69 Å². The summed E-state index contributed by atoms with van der Waals surface area (Å²) in [6.45, 7) is 3.59. The summed E-state index contributed by atoms with van der Waals surface area (Å²) in [6, 6.07) is 5.27. The Balaban J connectivity index is 1.96. The van der Waals surface area contributed by atoms with E-state index in [0.717, 1.165) is 25.9 Å². The van der Waals surface area contributed by atoms with Crippen molar-refractivity contribution in [3.63, 3.8) is 0 Å². The minimum atomic E-state index is -0.154. The summed E-state index contributed by atoms with van der Waals surface area (Å²) in [4.78, 5) is 11.0. The van der Waals surface area contributed by atoms with E-state index in [1.807, 2.05) is 0 Å². The average Bonchev–Trinajstić information content (AvgIpc) is 2.52. The Morgan fingerprint density at radius 3 is 2.42 bits per heavy atom. The number of hydrogen-bond acceptors (Lipinski definition) is 6. The molecule has 3 rings (SSSR count). The smallest absolute Gasteiger partial charge is 0.173 e. The van der Waals surface area contributed by atoms with Crippen molar-refractivity contribution in [3.8, 4) is 11.3 Å². The molecule has 1 aromatic carbocycles. The van der Waals surface area contributed by atoms with E-state index in [1.165, 1.54) is 0 Å². The van der Waals surface area contributed by atoms with Crippen LogP contribution in [0.2, 0.25) is 10.0 Å². The zero-order valence-electron chi connectivity index (χ0n) is 13.4. The van der Waals surface area contributed by atoms with Gasteiger partial charge in [0.2, 0.25) is 0 Å². The summed E-state index contributed by atoms with van der Waals surface area (Å²) in [7, 11) is 0. The highest BCUT2D eigenvalue weighted by Gasteiger charge is 2.28. The van der Waals surface area contributed by atoms with Crippen LogP contribution in [0.4, 0.5) is 17.5 Å². The van der Waals surface area contributed by atoms with Crippen LogP contribution in [0.5, 0.6) is 0 Å². The first-order chi connectivity index (χ1) is 11.3. The van der Waals surface area contributed by atoms with Crippen molar-refractivity contribution in [2.24, 2.45) is 5.73 Å². The van der Waals surface area contributed by atoms with E-state index in [9.17, 15) is 0 Å². The number of anilines is 3. The van der Waals surface area contributed by atoms with E-state index in [1.54, 1.807) is 18.2 Å². The molecule has 0 unspecified atom stereocenters. The Bertz CT molecular complexity index is 767. The van der Waals surface area contributed by atoms with Gasteiger partial charge in [-0.15, -0.1) is 0 Å². The van der Waals surface area contributed by atoms with Gasteiger partial charge in [0.25, 0.3) is 0 Å². The Hall–Kier alpha value is -1.76. The fraction of sp³-hybridized carbons (Fsp3) is 0.375. The number of aromatic nitrogens is 2. The highest BCUT2D eigenvalue weighted by Crippen LogP contribution is 2.37. The van der Waals surface area contributed by atoms with Gasteiger partial charge in [-0.1, -0.05) is 35.3 Å². The molecule has 1 saturated heterocycles. The zero-order valence-corrected chi connectivity index (χ0v) is 14.9. The van der Waals surface area contributed by atoms with Crippen LogP contribution in [0.1, 0.15) is 19.8 Å². The molecule has 1 aliphatic rings. The molecule has 0 amide bonds. The molecule has 128 valence electrons. The number of hydrogen-bond donors (Lipinski definition) is 3. The molecule has 8 heteroatoms. The van der Waals surface area contributed by atoms with Crippen molar-refractivity contribution in [3.05, 3.63) is 28.2 Å². The summed E-state index contributed by atoms with van der Waals surface area (Å²) in [5, 5.41) is 0.806. The quantitative estimate of drug-likeness (QED) is 0.753. The monoisotopic (exact) mass is 366 g/mol. The topological polar surface area (TPSA) is 107 Å². The molecular weight excluding hydrogens is 347 g/mol. The summed E-state index contributed by atoms with van der Waals surface area (Å²) >= 11 is 12.3. The van der Waals surface area contributed by atoms with Crippen molar-refractivity contribution in [1.82, 2.24) is 9.97 Å². The SMILES string of the molecule is CC1(N)CCN(c2nc(N)c(-c3cccc(Cl)c3Cl)nc2N)CC1. The molecule has 1 aliphatic heterocycles. The normalized spacial score (nSPS) is 17.1. The van der Waals surface area contributed by atoms with Gasteiger partial charge in [-0.3, -0.25) is 0 Å². The van der Waals surface area contributed by atoms with E-state index < -0.39 is 0 Å². The van der Waals surface area contributed by atoms with Gasteiger partial charge < -0.3 is 22.1 Å². The predicted molar refractivity (Wildman–Crippen MR) is 100 cm³/mol. The van der Waals surface area contributed by atoms with E-state index in [2.05, 4.69) is 21.8 Å².